The number of aromatic amines is 1. The number of hydrogen-bond acceptors (Lipinski definition) is 5. The molecule has 1 aromatic heterocycles. The van der Waals surface area contributed by atoms with E-state index in [0.29, 0.717) is 34.9 Å². The first-order chi connectivity index (χ1) is 18.1. The third kappa shape index (κ3) is 5.42. The maximum absolute atomic E-state index is 13.2. The van der Waals surface area contributed by atoms with Gasteiger partial charge in [0.2, 0.25) is 0 Å². The lowest BCUT2D eigenvalue weighted by Crippen LogP contribution is -2.36. The minimum Gasteiger partial charge on any atom is -0.484 e. The Kier molecular flexibility index (Phi) is 6.96. The number of alkyl halides is 3. The Hall–Kier alpha value is -3.37. The van der Waals surface area contributed by atoms with E-state index in [9.17, 15) is 27.9 Å². The Bertz CT molecular complexity index is 1420. The summed E-state index contributed by atoms with van der Waals surface area (Å²) in [5.74, 6) is -0.194. The van der Waals surface area contributed by atoms with Crippen LogP contribution in [0.1, 0.15) is 53.6 Å². The number of aryl methyl sites for hydroxylation is 1. The summed E-state index contributed by atoms with van der Waals surface area (Å²) >= 11 is 6.19. The monoisotopic (exact) mass is 547 g/mol. The van der Waals surface area contributed by atoms with Crippen molar-refractivity contribution >= 4 is 17.5 Å². The second-order valence-electron chi connectivity index (χ2n) is 9.67. The lowest BCUT2D eigenvalue weighted by Gasteiger charge is -2.24. The zero-order valence-corrected chi connectivity index (χ0v) is 21.0. The maximum Gasteiger partial charge on any atom is 0.422 e. The third-order valence-corrected chi connectivity index (χ3v) is 7.23. The lowest BCUT2D eigenvalue weighted by molar-refractivity contribution is -0.153. The number of amides is 1. The van der Waals surface area contributed by atoms with Crippen molar-refractivity contribution in [1.82, 2.24) is 14.9 Å². The van der Waals surface area contributed by atoms with Crippen molar-refractivity contribution < 1.29 is 27.8 Å². The number of H-pyrrole nitrogens is 1. The van der Waals surface area contributed by atoms with E-state index in [4.69, 9.17) is 21.3 Å². The topological polar surface area (TPSA) is 95.5 Å². The molecule has 1 aliphatic carbocycles. The molecule has 2 N–H and O–H groups in total. The number of nitrogens with one attached hydrogen (secondary N) is 1. The molecule has 1 aliphatic heterocycles. The number of nitrogens with zero attached hydrogens (tertiary/aromatic N) is 2. The molecule has 3 aromatic rings. The number of aromatic nitrogens is 2. The smallest absolute Gasteiger partial charge is 0.422 e. The predicted octanol–water partition coefficient (Wildman–Crippen LogP) is 4.45. The van der Waals surface area contributed by atoms with E-state index in [-0.39, 0.29) is 30.0 Å². The van der Waals surface area contributed by atoms with Gasteiger partial charge in [-0.3, -0.25) is 9.59 Å². The number of carbonyl (C=O) groups is 1. The molecule has 0 bridgehead atoms. The second kappa shape index (κ2) is 10.1. The molecule has 38 heavy (non-hydrogen) atoms. The van der Waals surface area contributed by atoms with Crippen molar-refractivity contribution in [2.75, 3.05) is 13.2 Å². The van der Waals surface area contributed by atoms with Gasteiger partial charge in [0.25, 0.3) is 11.5 Å². The number of rotatable bonds is 6. The maximum atomic E-state index is 13.2. The van der Waals surface area contributed by atoms with Gasteiger partial charge in [0.05, 0.1) is 23.2 Å². The van der Waals surface area contributed by atoms with E-state index in [1.165, 1.54) is 29.2 Å². The Morgan fingerprint density at radius 2 is 1.97 bits per heavy atom. The van der Waals surface area contributed by atoms with Crippen molar-refractivity contribution in [1.29, 1.82) is 0 Å². The van der Waals surface area contributed by atoms with Crippen molar-refractivity contribution in [2.45, 2.75) is 49.9 Å². The van der Waals surface area contributed by atoms with Crippen LogP contribution in [0.3, 0.4) is 0 Å². The lowest BCUT2D eigenvalue weighted by atomic mass is 9.94. The fourth-order valence-corrected chi connectivity index (χ4v) is 5.06. The fraction of sp³-hybridized carbons (Fsp3) is 0.370. The summed E-state index contributed by atoms with van der Waals surface area (Å²) in [5, 5.41) is 11.3. The Balaban J connectivity index is 1.35. The second-order valence-corrected chi connectivity index (χ2v) is 10.1. The standard InChI is InChI=1S/C27H25ClF3N3O4/c28-18-6-2-5-17(13-18)26(9-10-26)25-32-21-8-3-11-34(14-20(21)23(36)33-25)24(37)22(35)16-4-1-7-19(12-16)38-15-27(29,30)31/h1-2,4-7,12-13,22,35H,3,8-11,14-15H2,(H,32,33,36). The highest BCUT2D eigenvalue weighted by Gasteiger charge is 2.49. The number of aliphatic hydroxyl groups excluding tert-OH is 1. The van der Waals surface area contributed by atoms with Gasteiger partial charge in [-0.1, -0.05) is 35.9 Å². The van der Waals surface area contributed by atoms with Gasteiger partial charge in [-0.05, 0) is 61.1 Å². The van der Waals surface area contributed by atoms with Gasteiger partial charge in [-0.15, -0.1) is 0 Å². The van der Waals surface area contributed by atoms with Gasteiger partial charge in [0, 0.05) is 11.6 Å². The van der Waals surface area contributed by atoms with E-state index in [2.05, 4.69) is 4.98 Å². The highest BCUT2D eigenvalue weighted by molar-refractivity contribution is 6.30. The zero-order valence-electron chi connectivity index (χ0n) is 20.2. The van der Waals surface area contributed by atoms with Gasteiger partial charge in [0.1, 0.15) is 11.6 Å². The normalized spacial score (nSPS) is 17.3. The summed E-state index contributed by atoms with van der Waals surface area (Å²) in [6, 6.07) is 12.9. The number of benzene rings is 2. The Morgan fingerprint density at radius 1 is 1.21 bits per heavy atom. The summed E-state index contributed by atoms with van der Waals surface area (Å²) in [6.07, 6.45) is -3.47. The summed E-state index contributed by atoms with van der Waals surface area (Å²) in [6.45, 7) is -1.24. The average molecular weight is 548 g/mol. The first-order valence-electron chi connectivity index (χ1n) is 12.2. The van der Waals surface area contributed by atoms with Crippen LogP contribution in [0.2, 0.25) is 5.02 Å². The predicted molar refractivity (Wildman–Crippen MR) is 133 cm³/mol. The summed E-state index contributed by atoms with van der Waals surface area (Å²) in [4.78, 5) is 35.5. The molecule has 200 valence electrons. The summed E-state index contributed by atoms with van der Waals surface area (Å²) in [5.41, 5.74) is 1.33. The van der Waals surface area contributed by atoms with Crippen LogP contribution < -0.4 is 10.3 Å². The molecule has 1 fully saturated rings. The van der Waals surface area contributed by atoms with Gasteiger partial charge < -0.3 is 19.7 Å². The van der Waals surface area contributed by atoms with Gasteiger partial charge in [-0.2, -0.15) is 13.2 Å². The Labute approximate surface area is 221 Å². The quantitative estimate of drug-likeness (QED) is 0.475. The van der Waals surface area contributed by atoms with Crippen LogP contribution in [-0.2, 0) is 23.2 Å². The SMILES string of the molecule is O=C(C(O)c1cccc(OCC(F)(F)F)c1)N1CCCc2nc(C3(c4cccc(Cl)c4)CC3)[nH]c(=O)c2C1. The molecule has 1 unspecified atom stereocenters. The number of aliphatic hydroxyl groups is 1. The minimum atomic E-state index is -4.52. The average Bonchev–Trinajstić information content (AvgIpc) is 3.71. The third-order valence-electron chi connectivity index (χ3n) is 6.99. The number of hydrogen-bond donors (Lipinski definition) is 2. The van der Waals surface area contributed by atoms with Crippen LogP contribution in [0.15, 0.2) is 53.3 Å². The number of fused-ring (bicyclic) bond motifs is 1. The molecule has 1 atom stereocenters. The fourth-order valence-electron chi connectivity index (χ4n) is 4.86. The van der Waals surface area contributed by atoms with E-state index < -0.39 is 30.2 Å². The highest BCUT2D eigenvalue weighted by atomic mass is 35.5. The van der Waals surface area contributed by atoms with Crippen LogP contribution in [0.5, 0.6) is 5.75 Å². The van der Waals surface area contributed by atoms with Crippen LogP contribution in [0.4, 0.5) is 13.2 Å². The van der Waals surface area contributed by atoms with Crippen molar-refractivity contribution in [2.24, 2.45) is 0 Å². The molecule has 0 radical (unpaired) electrons. The molecular formula is C27H25ClF3N3O4. The molecule has 1 amide bonds. The molecule has 2 heterocycles. The Morgan fingerprint density at radius 3 is 2.68 bits per heavy atom. The summed E-state index contributed by atoms with van der Waals surface area (Å²) < 4.78 is 42.2. The highest BCUT2D eigenvalue weighted by Crippen LogP contribution is 2.52. The van der Waals surface area contributed by atoms with Crippen molar-refractivity contribution in [3.63, 3.8) is 0 Å². The van der Waals surface area contributed by atoms with Gasteiger partial charge in [-0.25, -0.2) is 4.98 Å². The molecule has 0 saturated heterocycles. The van der Waals surface area contributed by atoms with Crippen molar-refractivity contribution in [3.05, 3.63) is 92.1 Å². The van der Waals surface area contributed by atoms with E-state index in [0.717, 1.165) is 18.4 Å². The molecule has 7 nitrogen and oxygen atoms in total. The van der Waals surface area contributed by atoms with Gasteiger partial charge in [0.15, 0.2) is 12.7 Å². The zero-order chi connectivity index (χ0) is 27.1. The van der Waals surface area contributed by atoms with Gasteiger partial charge >= 0.3 is 6.18 Å². The van der Waals surface area contributed by atoms with E-state index in [1.54, 1.807) is 6.07 Å². The van der Waals surface area contributed by atoms with E-state index >= 15 is 0 Å². The molecular weight excluding hydrogens is 523 g/mol. The summed E-state index contributed by atoms with van der Waals surface area (Å²) in [7, 11) is 0. The largest absolute Gasteiger partial charge is 0.484 e. The number of carbonyl (C=O) groups excluding carboxylic acids is 1. The minimum absolute atomic E-state index is 0.0394. The number of halogens is 4. The first kappa shape index (κ1) is 26.2. The van der Waals surface area contributed by atoms with Crippen LogP contribution in [-0.4, -0.2) is 45.2 Å². The van der Waals surface area contributed by atoms with Crippen LogP contribution in [0.25, 0.3) is 0 Å². The molecule has 11 heteroatoms. The van der Waals surface area contributed by atoms with Crippen LogP contribution >= 0.6 is 11.6 Å². The molecule has 5 rings (SSSR count). The first-order valence-corrected chi connectivity index (χ1v) is 12.6. The molecule has 2 aliphatic rings. The van der Waals surface area contributed by atoms with Crippen LogP contribution in [0, 0.1) is 0 Å². The molecule has 0 spiro atoms. The molecule has 2 aromatic carbocycles. The van der Waals surface area contributed by atoms with E-state index in [1.807, 2.05) is 18.2 Å². The molecule has 1 saturated carbocycles. The number of ether oxygens (including phenoxy) is 1. The van der Waals surface area contributed by atoms with Crippen molar-refractivity contribution in [3.8, 4) is 5.75 Å².